The molecule has 27 heavy (non-hydrogen) atoms. The highest BCUT2D eigenvalue weighted by molar-refractivity contribution is 8.01. The van der Waals surface area contributed by atoms with Gasteiger partial charge in [0, 0.05) is 16.9 Å². The normalized spacial score (nSPS) is 26.7. The lowest BCUT2D eigenvalue weighted by atomic mass is 9.75. The van der Waals surface area contributed by atoms with Gasteiger partial charge in [0.05, 0.1) is 6.61 Å². The third-order valence-corrected chi connectivity index (χ3v) is 7.74. The van der Waals surface area contributed by atoms with Gasteiger partial charge in [0.2, 0.25) is 0 Å². The molecule has 0 aromatic heterocycles. The van der Waals surface area contributed by atoms with Crippen molar-refractivity contribution < 1.29 is 14.6 Å². The van der Waals surface area contributed by atoms with E-state index in [0.717, 1.165) is 54.0 Å². The summed E-state index contributed by atoms with van der Waals surface area (Å²) < 4.78 is 5.82. The average Bonchev–Trinajstić information content (AvgIpc) is 3.27. The molecule has 1 N–H and O–H groups in total. The first-order chi connectivity index (χ1) is 13.2. The van der Waals surface area contributed by atoms with Gasteiger partial charge in [0.15, 0.2) is 0 Å². The van der Waals surface area contributed by atoms with E-state index in [1.807, 2.05) is 30.3 Å². The predicted octanol–water partition coefficient (Wildman–Crippen LogP) is 5.95. The molecule has 1 aromatic rings. The van der Waals surface area contributed by atoms with Gasteiger partial charge in [-0.1, -0.05) is 30.4 Å². The summed E-state index contributed by atoms with van der Waals surface area (Å²) in [4.78, 5) is 10.6. The molecule has 2 heterocycles. The molecule has 2 aliphatic heterocycles. The Morgan fingerprint density at radius 3 is 2.63 bits per heavy atom. The van der Waals surface area contributed by atoms with Gasteiger partial charge in [-0.25, -0.2) is 0 Å². The zero-order valence-electron chi connectivity index (χ0n) is 16.1. The number of hydrogen-bond donors (Lipinski definition) is 1. The number of unbranched alkanes of at least 4 members (excludes halogenated alkanes) is 2. The molecular weight excluding hydrogens is 356 g/mol. The Kier molecular flexibility index (Phi) is 8.12. The van der Waals surface area contributed by atoms with Gasteiger partial charge in [0.1, 0.15) is 5.75 Å². The number of carbonyl (C=O) groups is 1. The molecule has 2 fully saturated rings. The first-order valence-electron chi connectivity index (χ1n) is 10.4. The van der Waals surface area contributed by atoms with Crippen LogP contribution in [0.3, 0.4) is 0 Å². The van der Waals surface area contributed by atoms with Crippen LogP contribution in [0.15, 0.2) is 42.5 Å². The summed E-state index contributed by atoms with van der Waals surface area (Å²) in [5.74, 6) is 1.96. The predicted molar refractivity (Wildman–Crippen MR) is 112 cm³/mol. The van der Waals surface area contributed by atoms with E-state index < -0.39 is 5.97 Å². The largest absolute Gasteiger partial charge is 0.494 e. The molecule has 4 heteroatoms. The number of rotatable bonds is 12. The van der Waals surface area contributed by atoms with Crippen molar-refractivity contribution in [3.63, 3.8) is 0 Å². The molecule has 2 saturated heterocycles. The quantitative estimate of drug-likeness (QED) is 0.355. The van der Waals surface area contributed by atoms with Crippen LogP contribution in [0.1, 0.15) is 57.8 Å². The third kappa shape index (κ3) is 6.31. The SMILES string of the molecule is O=C(O)CCC/C=C\C[C@@H]1[C@H](CCCCOc2ccccc2)[C@@H]2CC[C@H]1S2. The fourth-order valence-corrected chi connectivity index (χ4v) is 6.58. The van der Waals surface area contributed by atoms with Crippen LogP contribution in [0.25, 0.3) is 0 Å². The fourth-order valence-electron chi connectivity index (χ4n) is 4.53. The van der Waals surface area contributed by atoms with E-state index in [1.54, 1.807) is 0 Å². The summed E-state index contributed by atoms with van der Waals surface area (Å²) in [7, 11) is 0. The van der Waals surface area contributed by atoms with Crippen LogP contribution in [-0.4, -0.2) is 28.2 Å². The number of aliphatic carboxylic acids is 1. The van der Waals surface area contributed by atoms with Crippen LogP contribution >= 0.6 is 11.8 Å². The van der Waals surface area contributed by atoms with E-state index in [4.69, 9.17) is 9.84 Å². The van der Waals surface area contributed by atoms with Gasteiger partial charge in [0.25, 0.3) is 0 Å². The highest BCUT2D eigenvalue weighted by Gasteiger charge is 2.46. The smallest absolute Gasteiger partial charge is 0.303 e. The minimum Gasteiger partial charge on any atom is -0.494 e. The summed E-state index contributed by atoms with van der Waals surface area (Å²) in [5.41, 5.74) is 0. The number of fused-ring (bicyclic) bond motifs is 2. The molecule has 0 amide bonds. The molecule has 4 atom stereocenters. The van der Waals surface area contributed by atoms with Gasteiger partial charge in [-0.05, 0) is 75.3 Å². The van der Waals surface area contributed by atoms with E-state index >= 15 is 0 Å². The van der Waals surface area contributed by atoms with Gasteiger partial charge in [-0.3, -0.25) is 4.79 Å². The number of thioether (sulfide) groups is 1. The molecule has 1 aromatic carbocycles. The minimum absolute atomic E-state index is 0.280. The van der Waals surface area contributed by atoms with Crippen molar-refractivity contribution in [1.29, 1.82) is 0 Å². The van der Waals surface area contributed by atoms with Crippen molar-refractivity contribution in [2.75, 3.05) is 6.61 Å². The number of carboxylic acid groups (broad SMARTS) is 1. The van der Waals surface area contributed by atoms with Gasteiger partial charge in [-0.15, -0.1) is 0 Å². The highest BCUT2D eigenvalue weighted by atomic mass is 32.2. The Labute approximate surface area is 167 Å². The third-order valence-electron chi connectivity index (χ3n) is 5.87. The summed E-state index contributed by atoms with van der Waals surface area (Å²) in [6.45, 7) is 0.812. The summed E-state index contributed by atoms with van der Waals surface area (Å²) in [6.07, 6.45) is 14.1. The van der Waals surface area contributed by atoms with Gasteiger partial charge in [-0.2, -0.15) is 11.8 Å². The number of hydrogen-bond acceptors (Lipinski definition) is 3. The molecule has 2 bridgehead atoms. The summed E-state index contributed by atoms with van der Waals surface area (Å²) >= 11 is 2.24. The van der Waals surface area contributed by atoms with E-state index in [-0.39, 0.29) is 6.42 Å². The van der Waals surface area contributed by atoms with Crippen molar-refractivity contribution in [3.8, 4) is 5.75 Å². The molecule has 0 unspecified atom stereocenters. The van der Waals surface area contributed by atoms with Crippen LogP contribution in [0.4, 0.5) is 0 Å². The second-order valence-corrected chi connectivity index (χ2v) is 9.25. The Morgan fingerprint density at radius 2 is 1.85 bits per heavy atom. The lowest BCUT2D eigenvalue weighted by Gasteiger charge is -2.29. The molecule has 0 aliphatic carbocycles. The van der Waals surface area contributed by atoms with Crippen LogP contribution in [0, 0.1) is 11.8 Å². The summed E-state index contributed by atoms with van der Waals surface area (Å²) in [5, 5.41) is 10.4. The molecule has 0 radical (unpaired) electrons. The van der Waals surface area contributed by atoms with Gasteiger partial charge < -0.3 is 9.84 Å². The van der Waals surface area contributed by atoms with Gasteiger partial charge >= 0.3 is 5.97 Å². The first kappa shape index (κ1) is 20.3. The standard InChI is InChI=1S/C23H32O3S/c24-23(25)14-7-2-1-6-12-19-20(22-16-15-21(19)27-22)13-8-9-17-26-18-10-4-3-5-11-18/h1,3-6,10-11,19-22H,2,7-9,12-17H2,(H,24,25)/b6-1-/t19-,20+,21-,22+/m1/s1. The van der Waals surface area contributed by atoms with Crippen molar-refractivity contribution in [1.82, 2.24) is 0 Å². The lowest BCUT2D eigenvalue weighted by Crippen LogP contribution is -2.26. The Morgan fingerprint density at radius 1 is 1.07 bits per heavy atom. The van der Waals surface area contributed by atoms with E-state index in [1.165, 1.54) is 32.1 Å². The molecule has 148 valence electrons. The molecule has 3 nitrogen and oxygen atoms in total. The molecular formula is C23H32O3S. The monoisotopic (exact) mass is 388 g/mol. The van der Waals surface area contributed by atoms with Crippen molar-refractivity contribution in [2.24, 2.45) is 11.8 Å². The Hall–Kier alpha value is -1.42. The molecule has 0 spiro atoms. The summed E-state index contributed by atoms with van der Waals surface area (Å²) in [6, 6.07) is 10.1. The van der Waals surface area contributed by atoms with Crippen LogP contribution < -0.4 is 4.74 Å². The second-order valence-electron chi connectivity index (χ2n) is 7.77. The number of ether oxygens (including phenoxy) is 1. The second kappa shape index (κ2) is 10.8. The fraction of sp³-hybridized carbons (Fsp3) is 0.609. The average molecular weight is 389 g/mol. The Bertz CT molecular complexity index is 601. The Balaban J connectivity index is 1.35. The molecule has 2 aliphatic rings. The zero-order valence-corrected chi connectivity index (χ0v) is 16.9. The number of para-hydroxylation sites is 1. The van der Waals surface area contributed by atoms with Crippen LogP contribution in [0.5, 0.6) is 5.75 Å². The topological polar surface area (TPSA) is 46.5 Å². The minimum atomic E-state index is -0.691. The number of allylic oxidation sites excluding steroid dienone is 2. The zero-order chi connectivity index (χ0) is 18.9. The number of carboxylic acids is 1. The molecule has 3 rings (SSSR count). The van der Waals surface area contributed by atoms with Crippen molar-refractivity contribution in [3.05, 3.63) is 42.5 Å². The van der Waals surface area contributed by atoms with E-state index in [0.29, 0.717) is 0 Å². The van der Waals surface area contributed by atoms with Crippen molar-refractivity contribution in [2.45, 2.75) is 68.3 Å². The number of benzene rings is 1. The lowest BCUT2D eigenvalue weighted by molar-refractivity contribution is -0.137. The molecule has 0 saturated carbocycles. The first-order valence-corrected chi connectivity index (χ1v) is 11.4. The van der Waals surface area contributed by atoms with Crippen molar-refractivity contribution >= 4 is 17.7 Å². The highest BCUT2D eigenvalue weighted by Crippen LogP contribution is 2.55. The maximum Gasteiger partial charge on any atom is 0.303 e. The van der Waals surface area contributed by atoms with Crippen LogP contribution in [-0.2, 0) is 4.79 Å². The maximum atomic E-state index is 10.6. The van der Waals surface area contributed by atoms with E-state index in [9.17, 15) is 4.79 Å². The maximum absolute atomic E-state index is 10.6. The van der Waals surface area contributed by atoms with Crippen LogP contribution in [0.2, 0.25) is 0 Å². The van der Waals surface area contributed by atoms with E-state index in [2.05, 4.69) is 23.9 Å².